The van der Waals surface area contributed by atoms with Gasteiger partial charge in [0.25, 0.3) is 0 Å². The zero-order chi connectivity index (χ0) is 36.1. The molecule has 0 spiro atoms. The monoisotopic (exact) mass is 772 g/mol. The first-order valence-electron chi connectivity index (χ1n) is 20.9. The van der Waals surface area contributed by atoms with Gasteiger partial charge in [0.2, 0.25) is 0 Å². The Morgan fingerprint density at radius 2 is 0.920 bits per heavy atom. The Morgan fingerprint density at radius 1 is 0.560 bits per heavy atom. The molecule has 1 atom stereocenters. The van der Waals surface area contributed by atoms with Crippen molar-refractivity contribution in [2.75, 3.05) is 40.4 Å². The van der Waals surface area contributed by atoms with Crippen LogP contribution >= 0.6 is 0 Å². The predicted molar refractivity (Wildman–Crippen MR) is 209 cm³/mol. The van der Waals surface area contributed by atoms with Gasteiger partial charge in [-0.05, 0) is 64.2 Å². The predicted octanol–water partition coefficient (Wildman–Crippen LogP) is 8.59. The van der Waals surface area contributed by atoms with Gasteiger partial charge in [-0.15, -0.1) is 0 Å². The Bertz CT molecular complexity index is 800. The van der Waals surface area contributed by atoms with Crippen molar-refractivity contribution in [1.82, 2.24) is 0 Å². The number of nitrogens with zero attached hydrogens (tertiary/aromatic N) is 1. The zero-order valence-corrected chi connectivity index (χ0v) is 35.0. The molecule has 0 fully saturated rings. The molecule has 0 radical (unpaired) electrons. The number of hydrogen-bond acceptors (Lipinski definition) is 5. The first-order chi connectivity index (χ1) is 23.8. The third-order valence-corrected chi connectivity index (χ3v) is 9.42. The van der Waals surface area contributed by atoms with E-state index in [9.17, 15) is 14.7 Å². The number of allylic oxidation sites excluding steroid dienone is 4. The topological polar surface area (TPSA) is 72.8 Å². The van der Waals surface area contributed by atoms with Crippen molar-refractivity contribution < 1.29 is 45.6 Å². The van der Waals surface area contributed by atoms with Gasteiger partial charge in [-0.3, -0.25) is 9.59 Å². The highest BCUT2D eigenvalue weighted by Gasteiger charge is 2.26. The van der Waals surface area contributed by atoms with Crippen molar-refractivity contribution in [3.8, 4) is 0 Å². The van der Waals surface area contributed by atoms with Crippen molar-refractivity contribution in [2.24, 2.45) is 0 Å². The summed E-state index contributed by atoms with van der Waals surface area (Å²) in [6.07, 6.45) is 41.4. The van der Waals surface area contributed by atoms with E-state index in [1.165, 1.54) is 116 Å². The van der Waals surface area contributed by atoms with Gasteiger partial charge in [-0.25, -0.2) is 0 Å². The number of quaternary nitrogens is 1. The fourth-order valence-electron chi connectivity index (χ4n) is 6.22. The van der Waals surface area contributed by atoms with E-state index in [1.54, 1.807) is 0 Å². The van der Waals surface area contributed by atoms with E-state index in [2.05, 4.69) is 38.2 Å². The largest absolute Gasteiger partial charge is 1.00 e. The van der Waals surface area contributed by atoms with Gasteiger partial charge in [0.05, 0.1) is 20.7 Å². The fraction of sp³-hybridized carbons (Fsp3) is 0.860. The average Bonchev–Trinajstić information content (AvgIpc) is 3.07. The van der Waals surface area contributed by atoms with Crippen LogP contribution in [-0.4, -0.2) is 68.0 Å². The summed E-state index contributed by atoms with van der Waals surface area (Å²) in [5.74, 6) is -0.441. The normalized spacial score (nSPS) is 12.4. The molecule has 0 rings (SSSR count). The molecule has 6 nitrogen and oxygen atoms in total. The lowest BCUT2D eigenvalue weighted by Gasteiger charge is -2.32. The maximum atomic E-state index is 12.7. The Balaban J connectivity index is 0. The van der Waals surface area contributed by atoms with E-state index in [0.29, 0.717) is 30.4 Å². The molecule has 0 aromatic heterocycles. The molecular formula is C43H82BrNO5. The van der Waals surface area contributed by atoms with Crippen molar-refractivity contribution >= 4 is 11.9 Å². The van der Waals surface area contributed by atoms with Gasteiger partial charge < -0.3 is 36.0 Å². The molecule has 0 aliphatic rings. The fourth-order valence-corrected chi connectivity index (χ4v) is 6.22. The third kappa shape index (κ3) is 38.1. The number of likely N-dealkylation sites (N-methyl/N-ethyl adjacent to an activating group) is 1. The van der Waals surface area contributed by atoms with Crippen molar-refractivity contribution in [1.29, 1.82) is 0 Å². The molecule has 0 aromatic rings. The summed E-state index contributed by atoms with van der Waals surface area (Å²) >= 11 is 0. The number of carbonyl (C=O) groups is 2. The van der Waals surface area contributed by atoms with Crippen LogP contribution in [0.2, 0.25) is 0 Å². The lowest BCUT2D eigenvalue weighted by molar-refractivity contribution is -0.893. The molecule has 296 valence electrons. The first kappa shape index (κ1) is 50.9. The Kier molecular flexibility index (Phi) is 39.8. The molecule has 0 bridgehead atoms. The van der Waals surface area contributed by atoms with Gasteiger partial charge in [-0.1, -0.05) is 141 Å². The standard InChI is InChI=1S/C43H82NO5.BrH/c1-5-7-9-11-13-15-17-19-21-23-25-27-29-31-33-35-42(46)48-40-41(39-44(3,4)37-38-45)49-43(47)36-34-32-30-28-26-24-22-20-18-16-14-12-10-8-6-2;/h19-22,41,45H,5-18,23-40H2,1-4H3;1H/q+1;/p-1/b21-19-,22-20-;/t41-;/m0./s1. The van der Waals surface area contributed by atoms with Crippen LogP contribution < -0.4 is 17.0 Å². The van der Waals surface area contributed by atoms with E-state index < -0.39 is 6.10 Å². The number of aliphatic hydroxyl groups is 1. The maximum absolute atomic E-state index is 12.7. The van der Waals surface area contributed by atoms with E-state index in [0.717, 1.165) is 51.4 Å². The van der Waals surface area contributed by atoms with Gasteiger partial charge >= 0.3 is 11.9 Å². The summed E-state index contributed by atoms with van der Waals surface area (Å²) in [5, 5.41) is 9.46. The van der Waals surface area contributed by atoms with Crippen LogP contribution in [0.4, 0.5) is 0 Å². The molecule has 0 unspecified atom stereocenters. The molecule has 0 saturated carbocycles. The third-order valence-electron chi connectivity index (χ3n) is 9.42. The summed E-state index contributed by atoms with van der Waals surface area (Å²) in [4.78, 5) is 25.1. The smallest absolute Gasteiger partial charge is 0.306 e. The van der Waals surface area contributed by atoms with E-state index in [4.69, 9.17) is 9.47 Å². The molecule has 0 saturated heterocycles. The molecule has 0 amide bonds. The highest BCUT2D eigenvalue weighted by Crippen LogP contribution is 2.14. The summed E-state index contributed by atoms with van der Waals surface area (Å²) in [6.45, 7) is 5.70. The van der Waals surface area contributed by atoms with Gasteiger partial charge in [0, 0.05) is 12.8 Å². The number of rotatable bonds is 37. The number of ether oxygens (including phenoxy) is 2. The van der Waals surface area contributed by atoms with Crippen LogP contribution in [0.1, 0.15) is 194 Å². The molecule has 0 aromatic carbocycles. The molecule has 1 N–H and O–H groups in total. The molecule has 7 heteroatoms. The average molecular weight is 773 g/mol. The lowest BCUT2D eigenvalue weighted by atomic mass is 10.1. The second kappa shape index (κ2) is 39.0. The first-order valence-corrected chi connectivity index (χ1v) is 20.9. The SMILES string of the molecule is CCCCCCCC/C=C\CCCCCCCC(=O)OC[C@H](C[N+](C)(C)CCO)OC(=O)CCCCCCC/C=C\CCCCCCCC.[Br-]. The molecule has 50 heavy (non-hydrogen) atoms. The quantitative estimate of drug-likeness (QED) is 0.0297. The number of unbranched alkanes of at least 4 members (excludes halogenated alkanes) is 22. The zero-order valence-electron chi connectivity index (χ0n) is 33.4. The van der Waals surface area contributed by atoms with Crippen LogP contribution in [0.3, 0.4) is 0 Å². The number of carbonyl (C=O) groups excluding carboxylic acids is 2. The highest BCUT2D eigenvalue weighted by atomic mass is 79.9. The summed E-state index contributed by atoms with van der Waals surface area (Å²) in [6, 6.07) is 0. The van der Waals surface area contributed by atoms with Crippen molar-refractivity contribution in [3.63, 3.8) is 0 Å². The van der Waals surface area contributed by atoms with Crippen LogP contribution in [0.5, 0.6) is 0 Å². The molecule has 0 aliphatic carbocycles. The number of aliphatic hydroxyl groups excluding tert-OH is 1. The second-order valence-electron chi connectivity index (χ2n) is 15.0. The van der Waals surface area contributed by atoms with Crippen LogP contribution in [0, 0.1) is 0 Å². The Morgan fingerprint density at radius 3 is 1.32 bits per heavy atom. The van der Waals surface area contributed by atoms with Crippen molar-refractivity contribution in [2.45, 2.75) is 200 Å². The highest BCUT2D eigenvalue weighted by molar-refractivity contribution is 5.70. The van der Waals surface area contributed by atoms with Gasteiger partial charge in [-0.2, -0.15) is 0 Å². The summed E-state index contributed by atoms with van der Waals surface area (Å²) in [5.41, 5.74) is 0. The molecular weight excluding hydrogens is 690 g/mol. The van der Waals surface area contributed by atoms with E-state index in [-0.39, 0.29) is 42.1 Å². The number of hydrogen-bond donors (Lipinski definition) is 1. The van der Waals surface area contributed by atoms with E-state index in [1.807, 2.05) is 14.1 Å². The Hall–Kier alpha value is -1.18. The number of halogens is 1. The summed E-state index contributed by atoms with van der Waals surface area (Å²) < 4.78 is 11.9. The second-order valence-corrected chi connectivity index (χ2v) is 15.0. The number of esters is 2. The van der Waals surface area contributed by atoms with Crippen molar-refractivity contribution in [3.05, 3.63) is 24.3 Å². The molecule has 0 aliphatic heterocycles. The van der Waals surface area contributed by atoms with Crippen LogP contribution in [-0.2, 0) is 19.1 Å². The van der Waals surface area contributed by atoms with Crippen LogP contribution in [0.15, 0.2) is 24.3 Å². The maximum Gasteiger partial charge on any atom is 0.306 e. The van der Waals surface area contributed by atoms with E-state index >= 15 is 0 Å². The summed E-state index contributed by atoms with van der Waals surface area (Å²) in [7, 11) is 3.99. The molecule has 0 heterocycles. The van der Waals surface area contributed by atoms with Gasteiger partial charge in [0.1, 0.15) is 19.7 Å². The minimum atomic E-state index is -0.504. The minimum absolute atomic E-state index is 0. The minimum Gasteiger partial charge on any atom is -1.00 e. The van der Waals surface area contributed by atoms with Gasteiger partial charge in [0.15, 0.2) is 6.10 Å². The Labute approximate surface area is 321 Å². The lowest BCUT2D eigenvalue weighted by Crippen LogP contribution is -3.00. The van der Waals surface area contributed by atoms with Crippen LogP contribution in [0.25, 0.3) is 0 Å².